The highest BCUT2D eigenvalue weighted by molar-refractivity contribution is 6.39. The quantitative estimate of drug-likeness (QED) is 0.108. The number of rotatable bonds is 9. The molecule has 4 fully saturated rings. The van der Waals surface area contributed by atoms with Crippen LogP contribution in [0.1, 0.15) is 126 Å². The second-order valence-corrected chi connectivity index (χ2v) is 22.5. The molecule has 1 saturated carbocycles. The van der Waals surface area contributed by atoms with E-state index < -0.39 is 127 Å². The van der Waals surface area contributed by atoms with Crippen LogP contribution in [0.5, 0.6) is 0 Å². The maximum Gasteiger partial charge on any atom is 0.329 e. The molecule has 19 atom stereocenters. The molecule has 0 aromatic heterocycles. The van der Waals surface area contributed by atoms with E-state index in [2.05, 4.69) is 0 Å². The number of carbonyl (C=O) groups is 5. The van der Waals surface area contributed by atoms with Crippen molar-refractivity contribution in [1.29, 1.82) is 0 Å². The largest absolute Gasteiger partial charge is 0.460 e. The molecular formula is C57H89NO18. The summed E-state index contributed by atoms with van der Waals surface area (Å²) in [5.74, 6) is -10.8. The number of ether oxygens (including phenoxy) is 7. The second-order valence-electron chi connectivity index (χ2n) is 22.5. The van der Waals surface area contributed by atoms with Crippen LogP contribution in [-0.4, -0.2) is 185 Å². The van der Waals surface area contributed by atoms with Crippen LogP contribution in [0.3, 0.4) is 0 Å². The second kappa shape index (κ2) is 28.5. The number of nitrogens with zero attached hydrogens (tertiary/aromatic N) is 1. The van der Waals surface area contributed by atoms with Gasteiger partial charge in [0.15, 0.2) is 5.78 Å². The molecule has 0 spiro atoms. The maximum atomic E-state index is 14.6. The number of cyclic esters (lactones) is 1. The van der Waals surface area contributed by atoms with Gasteiger partial charge in [-0.3, -0.25) is 19.2 Å². The number of fused-ring (bicyclic) bond motifs is 3. The third kappa shape index (κ3) is 15.4. The first kappa shape index (κ1) is 63.3. The third-order valence-corrected chi connectivity index (χ3v) is 16.7. The lowest BCUT2D eigenvalue weighted by atomic mass is 9.78. The van der Waals surface area contributed by atoms with Crippen molar-refractivity contribution in [2.24, 2.45) is 35.5 Å². The highest BCUT2D eigenvalue weighted by Crippen LogP contribution is 2.40. The summed E-state index contributed by atoms with van der Waals surface area (Å²) in [6.45, 7) is 11.3. The summed E-state index contributed by atoms with van der Waals surface area (Å²) in [6.07, 6.45) is 4.53. The molecule has 5 rings (SSSR count). The minimum atomic E-state index is -2.48. The molecule has 0 radical (unpaired) electrons. The van der Waals surface area contributed by atoms with E-state index in [9.17, 15) is 54.6 Å². The van der Waals surface area contributed by atoms with Gasteiger partial charge in [-0.2, -0.15) is 0 Å². The van der Waals surface area contributed by atoms with Crippen molar-refractivity contribution < 1.29 is 87.8 Å². The fourth-order valence-electron chi connectivity index (χ4n) is 11.7. The Hall–Kier alpha value is -3.57. The molecule has 2 bridgehead atoms. The van der Waals surface area contributed by atoms with E-state index >= 15 is 0 Å². The van der Waals surface area contributed by atoms with Crippen LogP contribution in [0.25, 0.3) is 0 Å². The molecule has 3 unspecified atom stereocenters. The van der Waals surface area contributed by atoms with Gasteiger partial charge in [0.2, 0.25) is 11.6 Å². The molecule has 0 aromatic carbocycles. The SMILES string of the molecule is CO[C@H]1C[C@@H]2CC[C@@H](C)[C@@](O)(O2)C(=O)C(=O)N2CCCCC2C(=O)O[C@H]([C@H](C)CC2CC[C@@H](OC3(CO)OC[C@H](O)[C@@H](O)[C@@H]3O)[C@H](OC)C2)CC(=O)[C@H](C)/C=C(\C)[C@@H](O)[C@@H](OC)C(=O)[C@H](C)C[C@H](C)/C=C/C=C/C=C/1C. The van der Waals surface area contributed by atoms with Crippen molar-refractivity contribution in [1.82, 2.24) is 4.90 Å². The number of aliphatic hydroxyl groups is 6. The Balaban J connectivity index is 1.45. The van der Waals surface area contributed by atoms with E-state index in [1.807, 2.05) is 51.2 Å². The number of piperidine rings is 1. The van der Waals surface area contributed by atoms with Gasteiger partial charge in [-0.25, -0.2) is 4.79 Å². The minimum absolute atomic E-state index is 0.0154. The topological polar surface area (TPSA) is 275 Å². The van der Waals surface area contributed by atoms with Gasteiger partial charge >= 0.3 is 5.97 Å². The summed E-state index contributed by atoms with van der Waals surface area (Å²) >= 11 is 0. The number of Topliss-reactive ketones (excluding diaryl/α,β-unsaturated/α-hetero) is 3. The van der Waals surface area contributed by atoms with Gasteiger partial charge in [0.05, 0.1) is 31.0 Å². The van der Waals surface area contributed by atoms with Crippen LogP contribution in [-0.2, 0) is 57.1 Å². The summed E-state index contributed by atoms with van der Waals surface area (Å²) in [4.78, 5) is 72.7. The van der Waals surface area contributed by atoms with Crippen LogP contribution in [0.15, 0.2) is 47.6 Å². The number of allylic oxidation sites excluding steroid dienone is 6. The van der Waals surface area contributed by atoms with E-state index in [1.54, 1.807) is 40.9 Å². The molecule has 430 valence electrons. The van der Waals surface area contributed by atoms with Gasteiger partial charge in [-0.15, -0.1) is 0 Å². The molecule has 19 heteroatoms. The zero-order chi connectivity index (χ0) is 56.2. The van der Waals surface area contributed by atoms with Crippen LogP contribution in [0, 0.1) is 35.5 Å². The number of hydrogen-bond acceptors (Lipinski definition) is 18. The summed E-state index contributed by atoms with van der Waals surface area (Å²) < 4.78 is 41.6. The van der Waals surface area contributed by atoms with Crippen molar-refractivity contribution >= 4 is 29.2 Å². The van der Waals surface area contributed by atoms with Gasteiger partial charge in [0.25, 0.3) is 11.7 Å². The number of amides is 1. The van der Waals surface area contributed by atoms with Gasteiger partial charge in [0.1, 0.15) is 55.1 Å². The molecule has 1 amide bonds. The van der Waals surface area contributed by atoms with E-state index in [0.29, 0.717) is 63.4 Å². The number of ketones is 3. The van der Waals surface area contributed by atoms with E-state index in [-0.39, 0.29) is 55.8 Å². The van der Waals surface area contributed by atoms with E-state index in [4.69, 9.17) is 33.2 Å². The van der Waals surface area contributed by atoms with Gasteiger partial charge in [0, 0.05) is 58.5 Å². The van der Waals surface area contributed by atoms with E-state index in [0.717, 1.165) is 10.5 Å². The lowest BCUT2D eigenvalue weighted by Crippen LogP contribution is -2.65. The molecule has 4 aliphatic heterocycles. The monoisotopic (exact) mass is 1080 g/mol. The smallest absolute Gasteiger partial charge is 0.329 e. The number of aliphatic hydroxyl groups excluding tert-OH is 5. The van der Waals surface area contributed by atoms with Crippen LogP contribution in [0.4, 0.5) is 0 Å². The van der Waals surface area contributed by atoms with Gasteiger partial charge < -0.3 is 68.7 Å². The van der Waals surface area contributed by atoms with Gasteiger partial charge in [-0.1, -0.05) is 71.1 Å². The zero-order valence-electron chi connectivity index (χ0n) is 46.4. The summed E-state index contributed by atoms with van der Waals surface area (Å²) in [7, 11) is 4.41. The third-order valence-electron chi connectivity index (χ3n) is 16.7. The average molecular weight is 1080 g/mol. The van der Waals surface area contributed by atoms with Crippen LogP contribution >= 0.6 is 0 Å². The highest BCUT2D eigenvalue weighted by atomic mass is 16.7. The average Bonchev–Trinajstić information content (AvgIpc) is 3.40. The lowest BCUT2D eigenvalue weighted by molar-refractivity contribution is -0.369. The number of methoxy groups -OCH3 is 3. The van der Waals surface area contributed by atoms with Crippen molar-refractivity contribution in [2.75, 3.05) is 41.1 Å². The molecular weight excluding hydrogens is 987 g/mol. The van der Waals surface area contributed by atoms with Crippen LogP contribution in [0.2, 0.25) is 0 Å². The Labute approximate surface area is 449 Å². The van der Waals surface area contributed by atoms with Crippen molar-refractivity contribution in [3.8, 4) is 0 Å². The Kier molecular flexibility index (Phi) is 23.8. The van der Waals surface area contributed by atoms with Crippen molar-refractivity contribution in [3.05, 3.63) is 47.6 Å². The Bertz CT molecular complexity index is 2090. The predicted octanol–water partition coefficient (Wildman–Crippen LogP) is 4.01. The summed E-state index contributed by atoms with van der Waals surface area (Å²) in [5, 5.41) is 65.2. The maximum absolute atomic E-state index is 14.6. The van der Waals surface area contributed by atoms with E-state index in [1.165, 1.54) is 14.2 Å². The zero-order valence-corrected chi connectivity index (χ0v) is 46.4. The molecule has 0 aromatic rings. The molecule has 3 saturated heterocycles. The Morgan fingerprint density at radius 1 is 0.829 bits per heavy atom. The summed E-state index contributed by atoms with van der Waals surface area (Å²) in [6, 6.07) is -1.22. The van der Waals surface area contributed by atoms with Crippen molar-refractivity contribution in [2.45, 2.75) is 204 Å². The Morgan fingerprint density at radius 2 is 1.55 bits per heavy atom. The fourth-order valence-corrected chi connectivity index (χ4v) is 11.7. The minimum Gasteiger partial charge on any atom is -0.460 e. The number of carbonyl (C=O) groups excluding carboxylic acids is 5. The first-order chi connectivity index (χ1) is 35.9. The number of hydrogen-bond donors (Lipinski definition) is 6. The molecule has 4 heterocycles. The van der Waals surface area contributed by atoms with Gasteiger partial charge in [-0.05, 0) is 107 Å². The lowest BCUT2D eigenvalue weighted by Gasteiger charge is -2.47. The first-order valence-electron chi connectivity index (χ1n) is 27.4. The molecule has 6 N–H and O–H groups in total. The normalized spacial score (nSPS) is 42.4. The number of esters is 1. The van der Waals surface area contributed by atoms with Crippen molar-refractivity contribution in [3.63, 3.8) is 0 Å². The van der Waals surface area contributed by atoms with Crippen LogP contribution < -0.4 is 0 Å². The molecule has 76 heavy (non-hydrogen) atoms. The Morgan fingerprint density at radius 3 is 2.22 bits per heavy atom. The first-order valence-corrected chi connectivity index (χ1v) is 27.4. The molecule has 19 nitrogen and oxygen atoms in total. The summed E-state index contributed by atoms with van der Waals surface area (Å²) in [5.41, 5.74) is 1.19. The fraction of sp³-hybridized carbons (Fsp3) is 0.772. The molecule has 1 aliphatic carbocycles. The predicted molar refractivity (Wildman–Crippen MR) is 278 cm³/mol. The highest BCUT2D eigenvalue weighted by Gasteiger charge is 2.55. The molecule has 5 aliphatic rings. The standard InChI is InChI=1S/C57H89NO18/c1-32-16-12-11-13-17-33(2)45(70-8)28-40-21-19-38(7)57(69,75-40)53(66)54(67)58-23-15-14-18-41(58)55(68)74-46(29-42(60)34(3)25-37(6)49(63)51(72-10)48(62)36(5)24-32)35(4)26-39-20-22-44(47(27-39)71-9)76-56(31-59)52(65)50(64)43(61)30-73-56/h11-13,16-17,25,32,34-36,38-41,43-47,49-52,59,61,63-65,69H,14-15,18-24,26-31H2,1-10H3/b13-11+,16-12+,33-17+,37-25+/t32-,34-,35-,36-,38-,39?,40+,41?,43+,44-,45+,46+,47-,49-,50-,51+,52+,56?,57-/m1/s1.